The molecule has 7 nitrogen and oxygen atoms in total. The number of nitrogens with one attached hydrogen (secondary N) is 1. The number of nitrogens with zero attached hydrogens (tertiary/aromatic N) is 2. The molecule has 150 valence electrons. The Morgan fingerprint density at radius 3 is 1.64 bits per heavy atom. The van der Waals surface area contributed by atoms with Gasteiger partial charge < -0.3 is 5.32 Å². The summed E-state index contributed by atoms with van der Waals surface area (Å²) in [6.07, 6.45) is 0. The van der Waals surface area contributed by atoms with Gasteiger partial charge in [0.2, 0.25) is 0 Å². The van der Waals surface area contributed by atoms with Crippen LogP contribution in [0.2, 0.25) is 25.1 Å². The van der Waals surface area contributed by atoms with Crippen LogP contribution in [-0.4, -0.2) is 9.85 Å². The highest BCUT2D eigenvalue weighted by Crippen LogP contribution is 2.50. The smallest absolute Gasteiger partial charge is 0.299 e. The van der Waals surface area contributed by atoms with E-state index in [1.54, 1.807) is 20.8 Å². The lowest BCUT2D eigenvalue weighted by molar-refractivity contribution is -0.393. The summed E-state index contributed by atoms with van der Waals surface area (Å²) >= 11 is 30.5. The summed E-state index contributed by atoms with van der Waals surface area (Å²) in [5.74, 6) is 0. The van der Waals surface area contributed by atoms with E-state index in [2.05, 4.69) is 5.32 Å². The molecule has 0 aliphatic rings. The molecule has 2 aromatic carbocycles. The zero-order valence-electron chi connectivity index (χ0n) is 14.6. The molecule has 0 radical (unpaired) electrons. The van der Waals surface area contributed by atoms with Gasteiger partial charge in [-0.25, -0.2) is 0 Å². The third kappa shape index (κ3) is 4.23. The molecule has 1 N–H and O–H groups in total. The lowest BCUT2D eigenvalue weighted by atomic mass is 9.84. The Bertz CT molecular complexity index is 976. The summed E-state index contributed by atoms with van der Waals surface area (Å²) in [4.78, 5) is 21.4. The number of rotatable bonds is 4. The fourth-order valence-electron chi connectivity index (χ4n) is 2.42. The molecule has 0 heterocycles. The Kier molecular flexibility index (Phi) is 6.57. The largest absolute Gasteiger partial charge is 0.347 e. The second kappa shape index (κ2) is 8.08. The summed E-state index contributed by atoms with van der Waals surface area (Å²) in [5, 5.41) is 25.2. The van der Waals surface area contributed by atoms with Crippen molar-refractivity contribution in [3.05, 3.63) is 63.0 Å². The van der Waals surface area contributed by atoms with Crippen molar-refractivity contribution in [2.75, 3.05) is 5.32 Å². The number of benzene rings is 2. The Balaban J connectivity index is 2.87. The molecular formula is C16H12Cl5N3O4. The molecule has 28 heavy (non-hydrogen) atoms. The van der Waals surface area contributed by atoms with E-state index in [-0.39, 0.29) is 36.5 Å². The Hall–Kier alpha value is -1.51. The van der Waals surface area contributed by atoms with Gasteiger partial charge in [-0.1, -0.05) is 78.8 Å². The monoisotopic (exact) mass is 485 g/mol. The second-order valence-electron chi connectivity index (χ2n) is 6.72. The Morgan fingerprint density at radius 1 is 0.786 bits per heavy atom. The summed E-state index contributed by atoms with van der Waals surface area (Å²) in [6.45, 7) is 5.23. The first-order chi connectivity index (χ1) is 12.8. The predicted octanol–water partition coefficient (Wildman–Crippen LogP) is 7.81. The number of anilines is 2. The Labute approximate surface area is 184 Å². The minimum atomic E-state index is -0.745. The Morgan fingerprint density at radius 2 is 1.25 bits per heavy atom. The number of nitro benzene ring substituents is 2. The molecule has 0 spiro atoms. The lowest BCUT2D eigenvalue weighted by Gasteiger charge is -2.24. The third-order valence-corrected chi connectivity index (χ3v) is 6.05. The van der Waals surface area contributed by atoms with Gasteiger partial charge in [0.25, 0.3) is 11.4 Å². The molecule has 0 fully saturated rings. The van der Waals surface area contributed by atoms with E-state index in [0.29, 0.717) is 5.56 Å². The van der Waals surface area contributed by atoms with Crippen molar-refractivity contribution in [2.24, 2.45) is 0 Å². The molecule has 0 saturated heterocycles. The van der Waals surface area contributed by atoms with Gasteiger partial charge in [0, 0.05) is 6.07 Å². The first-order valence-corrected chi connectivity index (χ1v) is 9.42. The topological polar surface area (TPSA) is 98.3 Å². The van der Waals surface area contributed by atoms with Crippen LogP contribution in [0.3, 0.4) is 0 Å². The molecule has 0 atom stereocenters. The van der Waals surface area contributed by atoms with E-state index in [1.165, 1.54) is 6.07 Å². The van der Waals surface area contributed by atoms with Gasteiger partial charge in [-0.3, -0.25) is 20.2 Å². The molecule has 0 amide bonds. The minimum absolute atomic E-state index is 0.00909. The normalized spacial score (nSPS) is 11.4. The fourth-order valence-corrected chi connectivity index (χ4v) is 3.66. The van der Waals surface area contributed by atoms with Crippen molar-refractivity contribution >= 4 is 80.8 Å². The summed E-state index contributed by atoms with van der Waals surface area (Å²) in [7, 11) is 0. The maximum atomic E-state index is 11.6. The van der Waals surface area contributed by atoms with Crippen LogP contribution in [0.25, 0.3) is 0 Å². The van der Waals surface area contributed by atoms with Crippen molar-refractivity contribution in [1.82, 2.24) is 0 Å². The highest BCUT2D eigenvalue weighted by atomic mass is 35.5. The number of halogens is 5. The minimum Gasteiger partial charge on any atom is -0.347 e. The highest BCUT2D eigenvalue weighted by molar-refractivity contribution is 6.56. The van der Waals surface area contributed by atoms with Crippen molar-refractivity contribution in [1.29, 1.82) is 0 Å². The molecule has 0 aliphatic carbocycles. The van der Waals surface area contributed by atoms with E-state index < -0.39 is 26.6 Å². The van der Waals surface area contributed by atoms with Gasteiger partial charge in [-0.2, -0.15) is 0 Å². The van der Waals surface area contributed by atoms with E-state index >= 15 is 0 Å². The van der Waals surface area contributed by atoms with Crippen molar-refractivity contribution < 1.29 is 9.85 Å². The number of nitro groups is 2. The van der Waals surface area contributed by atoms with Crippen molar-refractivity contribution in [2.45, 2.75) is 26.2 Å². The average molecular weight is 488 g/mol. The number of non-ortho nitro benzene ring substituents is 1. The van der Waals surface area contributed by atoms with Gasteiger partial charge in [0.15, 0.2) is 0 Å². The van der Waals surface area contributed by atoms with Crippen LogP contribution in [0.4, 0.5) is 22.7 Å². The molecule has 12 heteroatoms. The van der Waals surface area contributed by atoms with Crippen LogP contribution in [-0.2, 0) is 5.41 Å². The molecule has 0 aliphatic heterocycles. The zero-order valence-corrected chi connectivity index (χ0v) is 18.4. The van der Waals surface area contributed by atoms with Gasteiger partial charge in [-0.05, 0) is 11.0 Å². The average Bonchev–Trinajstić information content (AvgIpc) is 2.60. The highest BCUT2D eigenvalue weighted by Gasteiger charge is 2.31. The van der Waals surface area contributed by atoms with Crippen molar-refractivity contribution in [3.8, 4) is 0 Å². The quantitative estimate of drug-likeness (QED) is 0.205. The SMILES string of the molecule is CC(C)(C)c1cc([N+](=O)[O-])cc([N+](=O)[O-])c1Nc1c(Cl)c(Cl)c(Cl)c(Cl)c1Cl. The summed E-state index contributed by atoms with van der Waals surface area (Å²) in [6, 6.07) is 2.09. The number of hydrogen-bond acceptors (Lipinski definition) is 5. The van der Waals surface area contributed by atoms with E-state index in [9.17, 15) is 20.2 Å². The fraction of sp³-hybridized carbons (Fsp3) is 0.250. The molecule has 2 aromatic rings. The molecule has 0 aromatic heterocycles. The molecule has 2 rings (SSSR count). The maximum Gasteiger partial charge on any atom is 0.299 e. The van der Waals surface area contributed by atoms with Crippen LogP contribution in [0.15, 0.2) is 12.1 Å². The van der Waals surface area contributed by atoms with Crippen LogP contribution in [0, 0.1) is 20.2 Å². The van der Waals surface area contributed by atoms with Gasteiger partial charge in [0.05, 0.1) is 46.7 Å². The van der Waals surface area contributed by atoms with Crippen LogP contribution in [0.1, 0.15) is 26.3 Å². The lowest BCUT2D eigenvalue weighted by Crippen LogP contribution is -2.16. The molecule has 0 bridgehead atoms. The van der Waals surface area contributed by atoms with E-state index in [0.717, 1.165) is 6.07 Å². The first kappa shape index (κ1) is 22.8. The van der Waals surface area contributed by atoms with Crippen molar-refractivity contribution in [3.63, 3.8) is 0 Å². The van der Waals surface area contributed by atoms with Gasteiger partial charge in [0.1, 0.15) is 5.69 Å². The van der Waals surface area contributed by atoms with Gasteiger partial charge in [-0.15, -0.1) is 0 Å². The number of hydrogen-bond donors (Lipinski definition) is 1. The predicted molar refractivity (Wildman–Crippen MR) is 113 cm³/mol. The van der Waals surface area contributed by atoms with Gasteiger partial charge >= 0.3 is 0 Å². The van der Waals surface area contributed by atoms with Crippen LogP contribution >= 0.6 is 58.0 Å². The first-order valence-electron chi connectivity index (χ1n) is 7.53. The van der Waals surface area contributed by atoms with Crippen LogP contribution in [0.5, 0.6) is 0 Å². The van der Waals surface area contributed by atoms with E-state index in [1.807, 2.05) is 0 Å². The molecular weight excluding hydrogens is 475 g/mol. The summed E-state index contributed by atoms with van der Waals surface area (Å²) < 4.78 is 0. The van der Waals surface area contributed by atoms with Crippen LogP contribution < -0.4 is 5.32 Å². The molecule has 0 unspecified atom stereocenters. The second-order valence-corrected chi connectivity index (χ2v) is 8.61. The zero-order chi connectivity index (χ0) is 21.5. The van der Waals surface area contributed by atoms with E-state index in [4.69, 9.17) is 58.0 Å². The molecule has 0 saturated carbocycles. The third-order valence-electron chi connectivity index (χ3n) is 3.78. The maximum absolute atomic E-state index is 11.6. The standard InChI is InChI=1S/C16H12Cl5N3O4/c1-16(2,3)7-4-6(23(25)26)5-8(24(27)28)14(7)22-15-12(20)10(18)9(17)11(19)13(15)21/h4-5,22H,1-3H3. The summed E-state index contributed by atoms with van der Waals surface area (Å²) in [5.41, 5.74) is -1.41.